The highest BCUT2D eigenvalue weighted by Gasteiger charge is 2.24. The molecule has 0 fully saturated rings. The lowest BCUT2D eigenvalue weighted by molar-refractivity contribution is -0.149. The Morgan fingerprint density at radius 3 is 2.38 bits per heavy atom. The van der Waals surface area contributed by atoms with Crippen LogP contribution in [0.15, 0.2) is 54.6 Å². The summed E-state index contributed by atoms with van der Waals surface area (Å²) in [6.45, 7) is 5.79. The Bertz CT molecular complexity index is 1040. The van der Waals surface area contributed by atoms with Crippen molar-refractivity contribution in [2.24, 2.45) is 11.1 Å². The van der Waals surface area contributed by atoms with Crippen LogP contribution in [0.25, 0.3) is 16.9 Å². The van der Waals surface area contributed by atoms with E-state index in [4.69, 9.17) is 15.8 Å². The van der Waals surface area contributed by atoms with E-state index in [2.05, 4.69) is 16.6 Å². The molecule has 3 aromatic rings. The summed E-state index contributed by atoms with van der Waals surface area (Å²) in [7, 11) is 0. The van der Waals surface area contributed by atoms with Crippen molar-refractivity contribution in [1.29, 1.82) is 5.26 Å². The third-order valence-electron chi connectivity index (χ3n) is 4.30. The summed E-state index contributed by atoms with van der Waals surface area (Å²) in [5, 5.41) is 13.6. The molecule has 29 heavy (non-hydrogen) atoms. The van der Waals surface area contributed by atoms with Gasteiger partial charge in [0, 0.05) is 18.2 Å². The number of carbonyl (C=O) groups excluding carboxylic acids is 1. The minimum absolute atomic E-state index is 0.390. The van der Waals surface area contributed by atoms with E-state index in [0.717, 1.165) is 22.5 Å². The van der Waals surface area contributed by atoms with E-state index in [-0.39, 0.29) is 5.97 Å². The largest absolute Gasteiger partial charge is 0.341 e. The van der Waals surface area contributed by atoms with Gasteiger partial charge in [-0.25, -0.2) is 9.48 Å². The molecule has 7 heteroatoms. The summed E-state index contributed by atoms with van der Waals surface area (Å²) in [4.78, 5) is 17.2. The van der Waals surface area contributed by atoms with Crippen LogP contribution >= 0.6 is 0 Å². The SMILES string of the molecule is CC(C)(C)C(=O)ONc1cc(-c2ccc(CN)cc2)n(-c2ccc(C#N)cc2)n1. The summed E-state index contributed by atoms with van der Waals surface area (Å²) < 4.78 is 1.73. The highest BCUT2D eigenvalue weighted by atomic mass is 16.7. The Morgan fingerprint density at radius 2 is 1.83 bits per heavy atom. The first-order valence-corrected chi connectivity index (χ1v) is 9.19. The highest BCUT2D eigenvalue weighted by molar-refractivity contribution is 5.76. The average Bonchev–Trinajstić information content (AvgIpc) is 3.15. The maximum atomic E-state index is 12.0. The number of nitrogens with one attached hydrogen (secondary N) is 1. The topological polar surface area (TPSA) is 106 Å². The summed E-state index contributed by atoms with van der Waals surface area (Å²) in [6.07, 6.45) is 0. The molecule has 0 aliphatic heterocycles. The van der Waals surface area contributed by atoms with Gasteiger partial charge in [0.2, 0.25) is 0 Å². The Labute approximate surface area is 169 Å². The lowest BCUT2D eigenvalue weighted by atomic mass is 9.98. The number of hydrogen-bond donors (Lipinski definition) is 2. The molecule has 0 saturated heterocycles. The fourth-order valence-electron chi connectivity index (χ4n) is 2.57. The molecule has 1 heterocycles. The summed E-state index contributed by atoms with van der Waals surface area (Å²) >= 11 is 0. The molecule has 148 valence electrons. The molecule has 0 saturated carbocycles. The monoisotopic (exact) mass is 389 g/mol. The molecular formula is C22H23N5O2. The molecule has 0 amide bonds. The number of aromatic nitrogens is 2. The molecule has 7 nitrogen and oxygen atoms in total. The fraction of sp³-hybridized carbons (Fsp3) is 0.227. The molecule has 1 aromatic heterocycles. The second kappa shape index (κ2) is 8.17. The van der Waals surface area contributed by atoms with Gasteiger partial charge < -0.3 is 10.6 Å². The predicted octanol–water partition coefficient (Wildman–Crippen LogP) is 3.79. The smallest absolute Gasteiger partial charge is 0.337 e. The first kappa shape index (κ1) is 20.1. The normalized spacial score (nSPS) is 11.0. The lowest BCUT2D eigenvalue weighted by Gasteiger charge is -2.15. The zero-order valence-corrected chi connectivity index (χ0v) is 16.6. The van der Waals surface area contributed by atoms with Crippen molar-refractivity contribution in [3.05, 3.63) is 65.7 Å². The molecule has 0 aliphatic carbocycles. The number of anilines is 1. The second-order valence-electron chi connectivity index (χ2n) is 7.63. The van der Waals surface area contributed by atoms with E-state index < -0.39 is 5.41 Å². The molecule has 2 aromatic carbocycles. The molecule has 0 atom stereocenters. The molecule has 3 N–H and O–H groups in total. The third kappa shape index (κ3) is 4.62. The standard InChI is InChI=1S/C22H23N5O2/c1-22(2,3)21(28)29-26-20-12-19(17-8-4-15(13-23)5-9-17)27(25-20)18-10-6-16(14-24)7-11-18/h4-12H,13,23H2,1-3H3,(H,25,26). The van der Waals surface area contributed by atoms with Crippen LogP contribution in [0.3, 0.4) is 0 Å². The lowest BCUT2D eigenvalue weighted by Crippen LogP contribution is -2.25. The van der Waals surface area contributed by atoms with Gasteiger partial charge in [0.15, 0.2) is 5.82 Å². The van der Waals surface area contributed by atoms with Crippen LogP contribution in [-0.4, -0.2) is 15.7 Å². The zero-order chi connectivity index (χ0) is 21.0. The number of carbonyl (C=O) groups is 1. The Balaban J connectivity index is 1.98. The van der Waals surface area contributed by atoms with Crippen LogP contribution in [0.1, 0.15) is 31.9 Å². The quantitative estimate of drug-likeness (QED) is 0.643. The van der Waals surface area contributed by atoms with Gasteiger partial charge in [-0.05, 0) is 50.6 Å². The van der Waals surface area contributed by atoms with Gasteiger partial charge in [-0.15, -0.1) is 5.10 Å². The molecule has 0 spiro atoms. The van der Waals surface area contributed by atoms with Crippen LogP contribution in [0, 0.1) is 16.7 Å². The van der Waals surface area contributed by atoms with Crippen molar-refractivity contribution in [3.8, 4) is 23.0 Å². The number of benzene rings is 2. The van der Waals surface area contributed by atoms with E-state index in [1.54, 1.807) is 43.7 Å². The van der Waals surface area contributed by atoms with Crippen LogP contribution in [-0.2, 0) is 16.2 Å². The van der Waals surface area contributed by atoms with E-state index in [0.29, 0.717) is 17.9 Å². The highest BCUT2D eigenvalue weighted by Crippen LogP contribution is 2.27. The van der Waals surface area contributed by atoms with E-state index >= 15 is 0 Å². The molecule has 3 rings (SSSR count). The van der Waals surface area contributed by atoms with Gasteiger partial charge in [0.05, 0.1) is 28.4 Å². The molecule has 0 bridgehead atoms. The van der Waals surface area contributed by atoms with Crippen molar-refractivity contribution < 1.29 is 9.63 Å². The van der Waals surface area contributed by atoms with Gasteiger partial charge in [-0.3, -0.25) is 0 Å². The van der Waals surface area contributed by atoms with Crippen molar-refractivity contribution in [1.82, 2.24) is 9.78 Å². The summed E-state index contributed by atoms with van der Waals surface area (Å²) in [5.41, 5.74) is 11.8. The van der Waals surface area contributed by atoms with Gasteiger partial charge >= 0.3 is 5.97 Å². The molecular weight excluding hydrogens is 366 g/mol. The molecule has 0 unspecified atom stereocenters. The predicted molar refractivity (Wildman–Crippen MR) is 111 cm³/mol. The van der Waals surface area contributed by atoms with Gasteiger partial charge in [-0.1, -0.05) is 24.3 Å². The van der Waals surface area contributed by atoms with Crippen molar-refractivity contribution in [3.63, 3.8) is 0 Å². The zero-order valence-electron chi connectivity index (χ0n) is 16.6. The minimum Gasteiger partial charge on any atom is -0.341 e. The van der Waals surface area contributed by atoms with Crippen molar-refractivity contribution in [2.45, 2.75) is 27.3 Å². The van der Waals surface area contributed by atoms with Crippen molar-refractivity contribution in [2.75, 3.05) is 5.48 Å². The Morgan fingerprint density at radius 1 is 1.17 bits per heavy atom. The number of nitrogens with two attached hydrogens (primary N) is 1. The first-order valence-electron chi connectivity index (χ1n) is 9.19. The summed E-state index contributed by atoms with van der Waals surface area (Å²) in [5.74, 6) is 0.00383. The third-order valence-corrected chi connectivity index (χ3v) is 4.30. The number of nitrogens with zero attached hydrogens (tertiary/aromatic N) is 3. The van der Waals surface area contributed by atoms with Crippen LogP contribution in [0.2, 0.25) is 0 Å². The van der Waals surface area contributed by atoms with Gasteiger partial charge in [0.1, 0.15) is 0 Å². The first-order chi connectivity index (χ1) is 13.8. The number of rotatable bonds is 5. The maximum Gasteiger partial charge on any atom is 0.337 e. The Hall–Kier alpha value is -3.63. The summed E-state index contributed by atoms with van der Waals surface area (Å²) in [6, 6.07) is 18.8. The van der Waals surface area contributed by atoms with E-state index in [9.17, 15) is 4.79 Å². The number of nitriles is 1. The fourth-order valence-corrected chi connectivity index (χ4v) is 2.57. The maximum absolute atomic E-state index is 12.0. The Kier molecular flexibility index (Phi) is 5.66. The average molecular weight is 389 g/mol. The van der Waals surface area contributed by atoms with Crippen molar-refractivity contribution >= 4 is 11.8 Å². The molecule has 0 radical (unpaired) electrons. The molecule has 0 aliphatic rings. The van der Waals surface area contributed by atoms with E-state index in [1.165, 1.54) is 0 Å². The van der Waals surface area contributed by atoms with E-state index in [1.807, 2.05) is 36.4 Å². The minimum atomic E-state index is -0.635. The van der Waals surface area contributed by atoms with Gasteiger partial charge in [-0.2, -0.15) is 10.7 Å². The van der Waals surface area contributed by atoms with Crippen LogP contribution in [0.5, 0.6) is 0 Å². The van der Waals surface area contributed by atoms with Crippen LogP contribution in [0.4, 0.5) is 5.82 Å². The second-order valence-corrected chi connectivity index (χ2v) is 7.63. The van der Waals surface area contributed by atoms with Gasteiger partial charge in [0.25, 0.3) is 0 Å². The number of hydrogen-bond acceptors (Lipinski definition) is 6. The van der Waals surface area contributed by atoms with Crippen LogP contribution < -0.4 is 11.2 Å².